The number of nitrogens with zero attached hydrogens (tertiary/aromatic N) is 2. The summed E-state index contributed by atoms with van der Waals surface area (Å²) in [6, 6.07) is 15.0. The number of para-hydroxylation sites is 1. The summed E-state index contributed by atoms with van der Waals surface area (Å²) in [5.74, 6) is 0.450. The lowest BCUT2D eigenvalue weighted by molar-refractivity contribution is -0.141. The first-order valence-corrected chi connectivity index (χ1v) is 11.3. The van der Waals surface area contributed by atoms with Crippen molar-refractivity contribution in [2.45, 2.75) is 37.3 Å². The fourth-order valence-corrected chi connectivity index (χ4v) is 4.91. The highest BCUT2D eigenvalue weighted by atomic mass is 35.5. The molecule has 5 rings (SSSR count). The highest BCUT2D eigenvalue weighted by Gasteiger charge is 2.48. The lowest BCUT2D eigenvalue weighted by atomic mass is 9.94. The van der Waals surface area contributed by atoms with E-state index in [2.05, 4.69) is 17.1 Å². The molecule has 7 nitrogen and oxygen atoms in total. The number of amides is 1. The minimum Gasteiger partial charge on any atom is -0.495 e. The van der Waals surface area contributed by atoms with Crippen LogP contribution in [0.4, 0.5) is 0 Å². The van der Waals surface area contributed by atoms with Gasteiger partial charge in [0.05, 0.1) is 35.3 Å². The van der Waals surface area contributed by atoms with Crippen molar-refractivity contribution >= 4 is 17.5 Å². The molecule has 1 fully saturated rings. The molecule has 0 bridgehead atoms. The zero-order valence-corrected chi connectivity index (χ0v) is 18.9. The summed E-state index contributed by atoms with van der Waals surface area (Å²) < 4.78 is 5.27. The maximum absolute atomic E-state index is 13.1. The Kier molecular flexibility index (Phi) is 5.46. The second-order valence-corrected chi connectivity index (χ2v) is 8.97. The molecule has 1 aliphatic heterocycles. The number of benzene rings is 2. The van der Waals surface area contributed by atoms with E-state index in [0.29, 0.717) is 34.9 Å². The molecule has 1 aliphatic carbocycles. The van der Waals surface area contributed by atoms with Gasteiger partial charge in [-0.15, -0.1) is 0 Å². The standard InChI is InChI=1S/C25H24ClN3O4/c1-33-21-16(8-5-9-18(21)26)20(30)23(32)29-13-10-19-17(14-29)22(31)28-24(27-19)25(11-12-25)15-6-3-2-4-7-15/h2-9,20,30H,10-14H2,1H3,(H,27,28,31). The van der Waals surface area contributed by atoms with Gasteiger partial charge in [0.1, 0.15) is 11.6 Å². The van der Waals surface area contributed by atoms with Gasteiger partial charge in [-0.1, -0.05) is 54.1 Å². The number of carbonyl (C=O) groups excluding carboxylic acids is 1. The van der Waals surface area contributed by atoms with Crippen LogP contribution in [0, 0.1) is 0 Å². The van der Waals surface area contributed by atoms with Crippen molar-refractivity contribution in [3.8, 4) is 5.75 Å². The first-order chi connectivity index (χ1) is 15.9. The van der Waals surface area contributed by atoms with Gasteiger partial charge >= 0.3 is 0 Å². The van der Waals surface area contributed by atoms with Gasteiger partial charge in [0, 0.05) is 18.5 Å². The number of fused-ring (bicyclic) bond motifs is 1. The lowest BCUT2D eigenvalue weighted by Crippen LogP contribution is -2.42. The zero-order chi connectivity index (χ0) is 23.2. The topological polar surface area (TPSA) is 95.5 Å². The number of aromatic amines is 1. The lowest BCUT2D eigenvalue weighted by Gasteiger charge is -2.30. The van der Waals surface area contributed by atoms with E-state index in [4.69, 9.17) is 21.3 Å². The quantitative estimate of drug-likeness (QED) is 0.603. The van der Waals surface area contributed by atoms with Crippen molar-refractivity contribution in [3.63, 3.8) is 0 Å². The number of ether oxygens (including phenoxy) is 1. The number of aliphatic hydroxyl groups excluding tert-OH is 1. The molecule has 2 aliphatic rings. The molecule has 1 saturated carbocycles. The Morgan fingerprint density at radius 3 is 2.67 bits per heavy atom. The fourth-order valence-electron chi connectivity index (χ4n) is 4.65. The molecule has 8 heteroatoms. The van der Waals surface area contributed by atoms with Crippen LogP contribution in [0.1, 0.15) is 47.2 Å². The first kappa shape index (κ1) is 21.7. The summed E-state index contributed by atoms with van der Waals surface area (Å²) in [6.45, 7) is 0.453. The number of nitrogens with one attached hydrogen (secondary N) is 1. The minimum atomic E-state index is -1.45. The van der Waals surface area contributed by atoms with Gasteiger partial charge < -0.3 is 19.7 Å². The highest BCUT2D eigenvalue weighted by molar-refractivity contribution is 6.32. The number of methoxy groups -OCH3 is 1. The van der Waals surface area contributed by atoms with E-state index >= 15 is 0 Å². The summed E-state index contributed by atoms with van der Waals surface area (Å²) in [4.78, 5) is 35.4. The number of halogens is 1. The van der Waals surface area contributed by atoms with E-state index in [1.807, 2.05) is 18.2 Å². The minimum absolute atomic E-state index is 0.0923. The van der Waals surface area contributed by atoms with E-state index in [1.54, 1.807) is 18.2 Å². The van der Waals surface area contributed by atoms with Gasteiger partial charge in [0.2, 0.25) is 0 Å². The molecule has 170 valence electrons. The Hall–Kier alpha value is -3.16. The van der Waals surface area contributed by atoms with E-state index in [0.717, 1.165) is 24.1 Å². The molecule has 0 radical (unpaired) electrons. The molecule has 0 saturated heterocycles. The zero-order valence-electron chi connectivity index (χ0n) is 18.2. The Balaban J connectivity index is 1.41. The molecular formula is C25H24ClN3O4. The second-order valence-electron chi connectivity index (χ2n) is 8.56. The van der Waals surface area contributed by atoms with Gasteiger partial charge in [-0.3, -0.25) is 9.59 Å². The van der Waals surface area contributed by atoms with Crippen LogP contribution < -0.4 is 10.3 Å². The highest BCUT2D eigenvalue weighted by Crippen LogP contribution is 2.52. The number of carbonyl (C=O) groups is 1. The van der Waals surface area contributed by atoms with Crippen molar-refractivity contribution in [1.29, 1.82) is 0 Å². The summed E-state index contributed by atoms with van der Waals surface area (Å²) >= 11 is 6.14. The molecule has 3 aromatic rings. The molecular weight excluding hydrogens is 442 g/mol. The third-order valence-corrected chi connectivity index (χ3v) is 6.94. The Labute approximate surface area is 196 Å². The van der Waals surface area contributed by atoms with Crippen LogP contribution in [0.3, 0.4) is 0 Å². The summed E-state index contributed by atoms with van der Waals surface area (Å²) in [7, 11) is 1.43. The van der Waals surface area contributed by atoms with Crippen LogP contribution in [0.15, 0.2) is 53.3 Å². The van der Waals surface area contributed by atoms with Crippen LogP contribution in [0.5, 0.6) is 5.75 Å². The van der Waals surface area contributed by atoms with Gasteiger partial charge in [0.25, 0.3) is 11.5 Å². The smallest absolute Gasteiger partial charge is 0.256 e. The van der Waals surface area contributed by atoms with E-state index < -0.39 is 12.0 Å². The van der Waals surface area contributed by atoms with E-state index in [9.17, 15) is 14.7 Å². The van der Waals surface area contributed by atoms with Gasteiger partial charge in [-0.2, -0.15) is 0 Å². The van der Waals surface area contributed by atoms with Crippen molar-refractivity contribution in [2.24, 2.45) is 0 Å². The van der Waals surface area contributed by atoms with Gasteiger partial charge in [-0.05, 0) is 24.5 Å². The molecule has 33 heavy (non-hydrogen) atoms. The van der Waals surface area contributed by atoms with Gasteiger partial charge in [-0.25, -0.2) is 4.98 Å². The molecule has 2 aromatic carbocycles. The normalized spacial score (nSPS) is 17.2. The Morgan fingerprint density at radius 2 is 1.97 bits per heavy atom. The number of aromatic nitrogens is 2. The van der Waals surface area contributed by atoms with Crippen LogP contribution in [-0.2, 0) is 23.2 Å². The maximum atomic E-state index is 13.1. The van der Waals surface area contributed by atoms with Crippen molar-refractivity contribution in [1.82, 2.24) is 14.9 Å². The van der Waals surface area contributed by atoms with Crippen LogP contribution in [0.25, 0.3) is 0 Å². The van der Waals surface area contributed by atoms with Crippen molar-refractivity contribution < 1.29 is 14.6 Å². The Bertz CT molecular complexity index is 1270. The van der Waals surface area contributed by atoms with Crippen molar-refractivity contribution in [3.05, 3.63) is 92.1 Å². The third kappa shape index (κ3) is 3.71. The van der Waals surface area contributed by atoms with E-state index in [1.165, 1.54) is 12.0 Å². The molecule has 2 N–H and O–H groups in total. The number of rotatable bonds is 5. The first-order valence-electron chi connectivity index (χ1n) is 10.9. The second kappa shape index (κ2) is 8.32. The number of aliphatic hydroxyl groups is 1. The predicted molar refractivity (Wildman–Crippen MR) is 123 cm³/mol. The Morgan fingerprint density at radius 1 is 1.21 bits per heavy atom. The summed E-state index contributed by atoms with van der Waals surface area (Å²) in [5, 5.41) is 11.1. The average Bonchev–Trinajstić information content (AvgIpc) is 3.65. The number of H-pyrrole nitrogens is 1. The molecule has 1 atom stereocenters. The monoisotopic (exact) mass is 465 g/mol. The number of hydrogen-bond acceptors (Lipinski definition) is 5. The number of hydrogen-bond donors (Lipinski definition) is 2. The summed E-state index contributed by atoms with van der Waals surface area (Å²) in [5.41, 5.74) is 2.16. The van der Waals surface area contributed by atoms with Crippen LogP contribution in [0.2, 0.25) is 5.02 Å². The van der Waals surface area contributed by atoms with Crippen molar-refractivity contribution in [2.75, 3.05) is 13.7 Å². The SMILES string of the molecule is COc1c(Cl)cccc1C(O)C(=O)N1CCc2nc(C3(c4ccccc4)CC3)[nH]c(=O)c2C1. The molecule has 2 heterocycles. The fraction of sp³-hybridized carbons (Fsp3) is 0.320. The van der Waals surface area contributed by atoms with E-state index in [-0.39, 0.29) is 23.3 Å². The van der Waals surface area contributed by atoms with Gasteiger partial charge in [0.15, 0.2) is 6.10 Å². The van der Waals surface area contributed by atoms with Crippen LogP contribution >= 0.6 is 11.6 Å². The molecule has 1 unspecified atom stereocenters. The maximum Gasteiger partial charge on any atom is 0.256 e. The molecule has 1 amide bonds. The predicted octanol–water partition coefficient (Wildman–Crippen LogP) is 3.13. The molecule has 1 aromatic heterocycles. The summed E-state index contributed by atoms with van der Waals surface area (Å²) in [6.07, 6.45) is 0.885. The molecule has 0 spiro atoms. The third-order valence-electron chi connectivity index (χ3n) is 6.64. The average molecular weight is 466 g/mol. The van der Waals surface area contributed by atoms with Crippen LogP contribution in [-0.4, -0.2) is 39.5 Å². The largest absolute Gasteiger partial charge is 0.495 e.